The van der Waals surface area contributed by atoms with Gasteiger partial charge in [0, 0.05) is 18.7 Å². The first-order valence-electron chi connectivity index (χ1n) is 9.51. The van der Waals surface area contributed by atoms with Crippen LogP contribution in [0.25, 0.3) is 0 Å². The Morgan fingerprint density at radius 2 is 1.90 bits per heavy atom. The van der Waals surface area contributed by atoms with Crippen LogP contribution in [0.2, 0.25) is 0 Å². The van der Waals surface area contributed by atoms with Crippen molar-refractivity contribution in [2.75, 3.05) is 29.9 Å². The van der Waals surface area contributed by atoms with Crippen LogP contribution in [0.15, 0.2) is 42.6 Å². The highest BCUT2D eigenvalue weighted by atomic mass is 16.5. The monoisotopic (exact) mass is 397 g/mol. The lowest BCUT2D eigenvalue weighted by molar-refractivity contribution is -0.148. The molecule has 0 aliphatic carbocycles. The summed E-state index contributed by atoms with van der Waals surface area (Å²) >= 11 is 0. The van der Waals surface area contributed by atoms with Crippen LogP contribution < -0.4 is 10.2 Å². The molecule has 2 aromatic rings. The molecule has 0 spiro atoms. The first kappa shape index (κ1) is 20.3. The third-order valence-corrected chi connectivity index (χ3v) is 4.81. The summed E-state index contributed by atoms with van der Waals surface area (Å²) in [5.74, 6) is -1.53. The molecular formula is C21H23N3O5. The van der Waals surface area contributed by atoms with E-state index < -0.39 is 5.97 Å². The number of pyridine rings is 1. The fourth-order valence-corrected chi connectivity index (χ4v) is 3.32. The second kappa shape index (κ2) is 9.18. The second-order valence-electron chi connectivity index (χ2n) is 6.73. The van der Waals surface area contributed by atoms with Crippen molar-refractivity contribution in [1.29, 1.82) is 0 Å². The minimum absolute atomic E-state index is 0.00504. The first-order valence-corrected chi connectivity index (χ1v) is 9.51. The molecule has 0 unspecified atom stereocenters. The second-order valence-corrected chi connectivity index (χ2v) is 6.73. The van der Waals surface area contributed by atoms with Crippen molar-refractivity contribution in [2.45, 2.75) is 19.8 Å². The highest BCUT2D eigenvalue weighted by molar-refractivity contribution is 6.05. The van der Waals surface area contributed by atoms with Gasteiger partial charge in [0.15, 0.2) is 0 Å². The molecule has 1 aromatic heterocycles. The molecule has 1 fully saturated rings. The molecule has 2 N–H and O–H groups in total. The van der Waals surface area contributed by atoms with Crippen molar-refractivity contribution < 1.29 is 24.2 Å². The minimum atomic E-state index is -1.13. The number of amides is 1. The maximum atomic E-state index is 12.3. The topological polar surface area (TPSA) is 109 Å². The number of rotatable bonds is 6. The Balaban J connectivity index is 1.73. The number of carboxylic acid groups (broad SMARTS) is 1. The van der Waals surface area contributed by atoms with Crippen LogP contribution in [0, 0.1) is 5.92 Å². The Morgan fingerprint density at radius 3 is 2.52 bits per heavy atom. The highest BCUT2D eigenvalue weighted by Gasteiger charge is 2.28. The van der Waals surface area contributed by atoms with Crippen molar-refractivity contribution in [1.82, 2.24) is 4.98 Å². The van der Waals surface area contributed by atoms with Gasteiger partial charge in [0.2, 0.25) is 0 Å². The van der Waals surface area contributed by atoms with Gasteiger partial charge in [-0.1, -0.05) is 18.2 Å². The Labute approximate surface area is 168 Å². The zero-order valence-corrected chi connectivity index (χ0v) is 16.1. The van der Waals surface area contributed by atoms with Crippen LogP contribution in [0.1, 0.15) is 40.5 Å². The molecule has 0 atom stereocenters. The summed E-state index contributed by atoms with van der Waals surface area (Å²) in [6, 6.07) is 10.0. The molecule has 2 heterocycles. The predicted octanol–water partition coefficient (Wildman–Crippen LogP) is 2.81. The number of carbonyl (C=O) groups is 3. The average Bonchev–Trinajstić information content (AvgIpc) is 2.74. The van der Waals surface area contributed by atoms with Gasteiger partial charge in [-0.2, -0.15) is 0 Å². The van der Waals surface area contributed by atoms with E-state index in [9.17, 15) is 19.5 Å². The van der Waals surface area contributed by atoms with E-state index >= 15 is 0 Å². The zero-order valence-electron chi connectivity index (χ0n) is 16.1. The third kappa shape index (κ3) is 4.90. The van der Waals surface area contributed by atoms with E-state index in [0.29, 0.717) is 49.6 Å². The van der Waals surface area contributed by atoms with E-state index in [2.05, 4.69) is 10.3 Å². The molecule has 0 radical (unpaired) electrons. The number of anilines is 2. The van der Waals surface area contributed by atoms with Crippen molar-refractivity contribution in [2.24, 2.45) is 5.92 Å². The van der Waals surface area contributed by atoms with Crippen molar-refractivity contribution >= 4 is 29.4 Å². The maximum absolute atomic E-state index is 12.3. The number of aromatic carboxylic acids is 1. The van der Waals surface area contributed by atoms with E-state index in [4.69, 9.17) is 4.74 Å². The van der Waals surface area contributed by atoms with Crippen molar-refractivity contribution in [3.05, 3.63) is 53.7 Å². The van der Waals surface area contributed by atoms with Gasteiger partial charge in [0.25, 0.3) is 5.91 Å². The average molecular weight is 397 g/mol. The summed E-state index contributed by atoms with van der Waals surface area (Å²) < 4.78 is 5.07. The Hall–Kier alpha value is -3.42. The molecule has 1 aliphatic rings. The number of carboxylic acids is 1. The molecule has 3 rings (SSSR count). The van der Waals surface area contributed by atoms with Crippen LogP contribution in [-0.4, -0.2) is 47.6 Å². The lowest BCUT2D eigenvalue weighted by Crippen LogP contribution is -2.38. The Bertz CT molecular complexity index is 892. The third-order valence-electron chi connectivity index (χ3n) is 4.81. The molecule has 0 saturated carbocycles. The van der Waals surface area contributed by atoms with Gasteiger partial charge in [0.05, 0.1) is 24.4 Å². The van der Waals surface area contributed by atoms with Crippen molar-refractivity contribution in [3.63, 3.8) is 0 Å². The SMILES string of the molecule is CCOC(=O)C1CCN(c2ncc(NC(=O)c3ccccc3)cc2C(=O)O)CC1. The van der Waals surface area contributed by atoms with E-state index in [1.54, 1.807) is 37.3 Å². The van der Waals surface area contributed by atoms with E-state index in [-0.39, 0.29) is 23.4 Å². The van der Waals surface area contributed by atoms with Crippen molar-refractivity contribution in [3.8, 4) is 0 Å². The maximum Gasteiger partial charge on any atom is 0.339 e. The molecule has 8 nitrogen and oxygen atoms in total. The summed E-state index contributed by atoms with van der Waals surface area (Å²) in [6.45, 7) is 3.13. The fourth-order valence-electron chi connectivity index (χ4n) is 3.32. The number of hydrogen-bond donors (Lipinski definition) is 2. The molecule has 29 heavy (non-hydrogen) atoms. The summed E-state index contributed by atoms with van der Waals surface area (Å²) in [4.78, 5) is 42.1. The summed E-state index contributed by atoms with van der Waals surface area (Å²) in [5, 5.41) is 12.3. The van der Waals surface area contributed by atoms with Gasteiger partial charge < -0.3 is 20.1 Å². The largest absolute Gasteiger partial charge is 0.478 e. The number of esters is 1. The molecule has 0 bridgehead atoms. The van der Waals surface area contributed by atoms with Gasteiger partial charge in [-0.05, 0) is 38.0 Å². The molecule has 152 valence electrons. The van der Waals surface area contributed by atoms with Crippen LogP contribution >= 0.6 is 0 Å². The highest BCUT2D eigenvalue weighted by Crippen LogP contribution is 2.27. The van der Waals surface area contributed by atoms with Gasteiger partial charge in [-0.25, -0.2) is 9.78 Å². The molecule has 1 aromatic carbocycles. The van der Waals surface area contributed by atoms with Gasteiger partial charge in [-0.3, -0.25) is 9.59 Å². The van der Waals surface area contributed by atoms with E-state index in [0.717, 1.165) is 0 Å². The molecule has 1 saturated heterocycles. The van der Waals surface area contributed by atoms with E-state index in [1.165, 1.54) is 12.3 Å². The normalized spacial score (nSPS) is 14.3. The lowest BCUT2D eigenvalue weighted by Gasteiger charge is -2.32. The van der Waals surface area contributed by atoms with Gasteiger partial charge >= 0.3 is 11.9 Å². The summed E-state index contributed by atoms with van der Waals surface area (Å²) in [7, 11) is 0. The van der Waals surface area contributed by atoms with Crippen LogP contribution in [-0.2, 0) is 9.53 Å². The number of nitrogens with one attached hydrogen (secondary N) is 1. The standard InChI is InChI=1S/C21H23N3O5/c1-2-29-21(28)15-8-10-24(11-9-15)18-17(20(26)27)12-16(13-22-18)23-19(25)14-6-4-3-5-7-14/h3-7,12-13,15H,2,8-11H2,1H3,(H,23,25)(H,26,27). The summed E-state index contributed by atoms with van der Waals surface area (Å²) in [6.07, 6.45) is 2.60. The Kier molecular flexibility index (Phi) is 6.43. The van der Waals surface area contributed by atoms with E-state index in [1.807, 2.05) is 4.90 Å². The number of hydrogen-bond acceptors (Lipinski definition) is 6. The quantitative estimate of drug-likeness (QED) is 0.722. The molecule has 1 aliphatic heterocycles. The Morgan fingerprint density at radius 1 is 1.21 bits per heavy atom. The number of nitrogens with zero attached hydrogens (tertiary/aromatic N) is 2. The first-order chi connectivity index (χ1) is 14.0. The minimum Gasteiger partial charge on any atom is -0.478 e. The van der Waals surface area contributed by atoms with Crippen LogP contribution in [0.3, 0.4) is 0 Å². The molecule has 8 heteroatoms. The number of benzene rings is 1. The molecule has 1 amide bonds. The van der Waals surface area contributed by atoms with Gasteiger partial charge in [0.1, 0.15) is 11.4 Å². The lowest BCUT2D eigenvalue weighted by atomic mass is 9.96. The smallest absolute Gasteiger partial charge is 0.339 e. The molecular weight excluding hydrogens is 374 g/mol. The number of piperidine rings is 1. The number of carbonyl (C=O) groups excluding carboxylic acids is 2. The zero-order chi connectivity index (χ0) is 20.8. The van der Waals surface area contributed by atoms with Gasteiger partial charge in [-0.15, -0.1) is 0 Å². The number of aromatic nitrogens is 1. The van der Waals surface area contributed by atoms with Crippen LogP contribution in [0.5, 0.6) is 0 Å². The summed E-state index contributed by atoms with van der Waals surface area (Å²) in [5.41, 5.74) is 0.779. The fraction of sp³-hybridized carbons (Fsp3) is 0.333. The van der Waals surface area contributed by atoms with Crippen LogP contribution in [0.4, 0.5) is 11.5 Å². The predicted molar refractivity (Wildman–Crippen MR) is 107 cm³/mol. The number of ether oxygens (including phenoxy) is 1.